The summed E-state index contributed by atoms with van der Waals surface area (Å²) in [6.45, 7) is 28.5. The molecule has 0 aromatic heterocycles. The van der Waals surface area contributed by atoms with Crippen molar-refractivity contribution in [3.8, 4) is 0 Å². The van der Waals surface area contributed by atoms with Gasteiger partial charge in [-0.3, -0.25) is 19.2 Å². The fraction of sp³-hybridized carbons (Fsp3) is 0.952. The summed E-state index contributed by atoms with van der Waals surface area (Å²) in [5, 5.41) is 0. The van der Waals surface area contributed by atoms with E-state index < -0.39 is 0 Å². The number of hydrogen-bond donors (Lipinski definition) is 0. The minimum absolute atomic E-state index is 0.0968. The summed E-state index contributed by atoms with van der Waals surface area (Å²) in [6.07, 6.45) is 64.6. The van der Waals surface area contributed by atoms with Crippen molar-refractivity contribution in [1.29, 1.82) is 0 Å². The van der Waals surface area contributed by atoms with Crippen LogP contribution in [0.25, 0.3) is 0 Å². The van der Waals surface area contributed by atoms with Crippen molar-refractivity contribution in [2.24, 2.45) is 0 Å². The van der Waals surface area contributed by atoms with Crippen LogP contribution < -0.4 is 0 Å². The zero-order chi connectivity index (χ0) is 74.4. The molecule has 16 heteroatoms. The molecule has 0 saturated heterocycles. The highest BCUT2D eigenvalue weighted by molar-refractivity contribution is 5.78. The van der Waals surface area contributed by atoms with E-state index in [0.717, 1.165) is 78.0 Å². The minimum atomic E-state index is 0.0968. The van der Waals surface area contributed by atoms with Crippen LogP contribution in [0.15, 0.2) is 0 Å². The van der Waals surface area contributed by atoms with Gasteiger partial charge in [-0.15, -0.1) is 0 Å². The van der Waals surface area contributed by atoms with E-state index in [9.17, 15) is 19.2 Å². The van der Waals surface area contributed by atoms with Crippen LogP contribution >= 0.6 is 0 Å². The highest BCUT2D eigenvalue weighted by Crippen LogP contribution is 2.17. The average molecular weight is 1430 g/mol. The summed E-state index contributed by atoms with van der Waals surface area (Å²) >= 11 is 0. The average Bonchev–Trinajstić information content (AvgIpc) is 2.87. The monoisotopic (exact) mass is 1430 g/mol. The third kappa shape index (κ3) is 82.8. The van der Waals surface area contributed by atoms with E-state index in [1.54, 1.807) is 28.4 Å². The molecule has 0 atom stereocenters. The Balaban J connectivity index is -0.000000615. The smallest absolute Gasteiger partial charge is 0.248 e. The number of likely N-dealkylation sites (N-methyl/N-ethyl adjacent to an activating group) is 4. The Bertz CT molecular complexity index is 1530. The van der Waals surface area contributed by atoms with Crippen molar-refractivity contribution in [2.75, 3.05) is 160 Å². The third-order valence-corrected chi connectivity index (χ3v) is 18.7. The highest BCUT2D eigenvalue weighted by atomic mass is 16.5. The maximum atomic E-state index is 12.1. The molecule has 0 aromatic rings. The number of hydrogen-bond acceptors (Lipinski definition) is 12. The lowest BCUT2D eigenvalue weighted by atomic mass is 10.0. The van der Waals surface area contributed by atoms with Gasteiger partial charge in [0.15, 0.2) is 0 Å². The lowest BCUT2D eigenvalue weighted by Crippen LogP contribution is -2.35. The van der Waals surface area contributed by atoms with Crippen molar-refractivity contribution in [3.63, 3.8) is 0 Å². The summed E-state index contributed by atoms with van der Waals surface area (Å²) < 4.78 is 40.9. The molecule has 0 heterocycles. The van der Waals surface area contributed by atoms with Crippen LogP contribution in [0, 0.1) is 0 Å². The third-order valence-electron chi connectivity index (χ3n) is 18.7. The van der Waals surface area contributed by atoms with Gasteiger partial charge >= 0.3 is 0 Å². The first-order valence-electron chi connectivity index (χ1n) is 42.4. The molecule has 0 aliphatic rings. The van der Waals surface area contributed by atoms with Gasteiger partial charge in [-0.05, 0) is 53.4 Å². The van der Waals surface area contributed by atoms with E-state index in [1.165, 1.54) is 283 Å². The number of carbonyl (C=O) groups is 4. The first-order valence-corrected chi connectivity index (χ1v) is 42.4. The molecular weight excluding hydrogens is 1260 g/mol. The number of rotatable bonds is 76. The number of carbonyl (C=O) groups excluding carboxylic acids is 4. The van der Waals surface area contributed by atoms with Gasteiger partial charge in [0, 0.05) is 80.8 Å². The van der Waals surface area contributed by atoms with Crippen LogP contribution in [0.1, 0.15) is 364 Å². The predicted molar refractivity (Wildman–Crippen MR) is 424 cm³/mol. The zero-order valence-corrected chi connectivity index (χ0v) is 68.8. The fourth-order valence-corrected chi connectivity index (χ4v) is 12.0. The molecule has 0 spiro atoms. The molecule has 600 valence electrons. The van der Waals surface area contributed by atoms with Crippen molar-refractivity contribution >= 4 is 23.6 Å². The van der Waals surface area contributed by atoms with E-state index in [0.29, 0.717) is 52.9 Å². The number of methoxy groups -OCH3 is 4. The van der Waals surface area contributed by atoms with E-state index in [1.807, 2.05) is 47.3 Å². The van der Waals surface area contributed by atoms with Crippen molar-refractivity contribution < 1.29 is 57.1 Å². The van der Waals surface area contributed by atoms with E-state index in [4.69, 9.17) is 37.9 Å². The standard InChI is InChI=1S/C23H47NO3.2C21H43NO3.C19H39NO3/c1-4-6-7-8-9-10-11-12-13-14-15-16-17-18-19-24(5-2)23(25)22-27-21-20-26-3;2*1-4-6-7-8-9-10-11-12-13-14-15-16-17-22(5-2)21(23)20-25-19-18-24-3;1-4-6-7-8-9-10-11-12-13-14-15-20(5-2)19(21)18-23-17-16-22-3/h4-22H2,1-3H3;2*4-20H2,1-3H3;4-18H2,1-3H3. The van der Waals surface area contributed by atoms with Crippen molar-refractivity contribution in [3.05, 3.63) is 0 Å². The molecule has 100 heavy (non-hydrogen) atoms. The molecule has 0 N–H and O–H groups in total. The largest absolute Gasteiger partial charge is 0.382 e. The maximum Gasteiger partial charge on any atom is 0.248 e. The predicted octanol–water partition coefficient (Wildman–Crippen LogP) is 20.8. The zero-order valence-electron chi connectivity index (χ0n) is 68.8. The lowest BCUT2D eigenvalue weighted by Gasteiger charge is -2.20. The van der Waals surface area contributed by atoms with Crippen LogP contribution in [0.2, 0.25) is 0 Å². The number of amides is 4. The van der Waals surface area contributed by atoms with Crippen LogP contribution in [0.5, 0.6) is 0 Å². The van der Waals surface area contributed by atoms with Gasteiger partial charge in [0.1, 0.15) is 26.4 Å². The SMILES string of the molecule is CCCCCCCCCCCCCCCCN(CC)C(=O)COCCOC.CCCCCCCCCCCCCCN(CC)C(=O)COCCOC.CCCCCCCCCCCCCCN(CC)C(=O)COCCOC.CCCCCCCCCCCCN(CC)C(=O)COCCOC. The highest BCUT2D eigenvalue weighted by Gasteiger charge is 2.15. The second-order valence-corrected chi connectivity index (χ2v) is 27.6. The Morgan fingerprint density at radius 3 is 0.440 bits per heavy atom. The van der Waals surface area contributed by atoms with E-state index in [2.05, 4.69) is 27.7 Å². The van der Waals surface area contributed by atoms with Crippen molar-refractivity contribution in [2.45, 2.75) is 364 Å². The van der Waals surface area contributed by atoms with Gasteiger partial charge in [-0.25, -0.2) is 0 Å². The van der Waals surface area contributed by atoms with Crippen LogP contribution in [-0.4, -0.2) is 203 Å². The molecule has 0 bridgehead atoms. The second-order valence-electron chi connectivity index (χ2n) is 27.6. The molecule has 4 amide bonds. The summed E-state index contributed by atoms with van der Waals surface area (Å²) in [4.78, 5) is 55.7. The molecular formula is C84H172N4O12. The topological polar surface area (TPSA) is 155 Å². The van der Waals surface area contributed by atoms with Gasteiger partial charge in [-0.2, -0.15) is 0 Å². The molecule has 0 radical (unpaired) electrons. The molecule has 16 nitrogen and oxygen atoms in total. The van der Waals surface area contributed by atoms with Gasteiger partial charge in [0.2, 0.25) is 23.6 Å². The summed E-state index contributed by atoms with van der Waals surface area (Å²) in [5.74, 6) is 0.395. The number of unbranched alkanes of at least 4 members (excludes halogenated alkanes) is 44. The summed E-state index contributed by atoms with van der Waals surface area (Å²) in [5.41, 5.74) is 0. The normalized spacial score (nSPS) is 11.0. The number of nitrogens with zero attached hydrogens (tertiary/aromatic N) is 4. The van der Waals surface area contributed by atoms with Gasteiger partial charge in [-0.1, -0.05) is 310 Å². The molecule has 0 saturated carbocycles. The fourth-order valence-electron chi connectivity index (χ4n) is 12.0. The Labute approximate surface area is 621 Å². The van der Waals surface area contributed by atoms with Crippen molar-refractivity contribution in [1.82, 2.24) is 19.6 Å². The quantitative estimate of drug-likeness (QED) is 0.0532. The molecule has 0 rings (SSSR count). The Morgan fingerprint density at radius 1 is 0.190 bits per heavy atom. The minimum Gasteiger partial charge on any atom is -0.382 e. The molecule has 0 aromatic carbocycles. The summed E-state index contributed by atoms with van der Waals surface area (Å²) in [6, 6.07) is 0. The second kappa shape index (κ2) is 92.6. The summed E-state index contributed by atoms with van der Waals surface area (Å²) in [7, 11) is 6.54. The molecule has 0 aliphatic heterocycles. The van der Waals surface area contributed by atoms with E-state index >= 15 is 0 Å². The maximum absolute atomic E-state index is 12.1. The van der Waals surface area contributed by atoms with Gasteiger partial charge < -0.3 is 57.5 Å². The molecule has 0 fully saturated rings. The first kappa shape index (κ1) is 104. The lowest BCUT2D eigenvalue weighted by molar-refractivity contribution is -0.137. The Morgan fingerprint density at radius 2 is 0.320 bits per heavy atom. The van der Waals surface area contributed by atoms with Gasteiger partial charge in [0.05, 0.1) is 52.9 Å². The van der Waals surface area contributed by atoms with Crippen LogP contribution in [-0.2, 0) is 57.1 Å². The number of ether oxygens (including phenoxy) is 8. The molecule has 0 aliphatic carbocycles. The van der Waals surface area contributed by atoms with Gasteiger partial charge in [0.25, 0.3) is 0 Å². The Hall–Kier alpha value is -2.44. The molecule has 0 unspecified atom stereocenters. The van der Waals surface area contributed by atoms with E-state index in [-0.39, 0.29) is 50.1 Å². The van der Waals surface area contributed by atoms with Crippen LogP contribution in [0.4, 0.5) is 0 Å². The Kier molecular flexibility index (Phi) is 96.3. The first-order chi connectivity index (χ1) is 49.0. The van der Waals surface area contributed by atoms with Crippen LogP contribution in [0.3, 0.4) is 0 Å².